The van der Waals surface area contributed by atoms with E-state index < -0.39 is 10.0 Å². The van der Waals surface area contributed by atoms with Crippen molar-refractivity contribution >= 4 is 10.0 Å². The van der Waals surface area contributed by atoms with Crippen molar-refractivity contribution in [3.05, 3.63) is 89.2 Å². The molecule has 0 unspecified atom stereocenters. The second-order valence-electron chi connectivity index (χ2n) is 7.16. The van der Waals surface area contributed by atoms with Crippen molar-refractivity contribution < 1.29 is 8.42 Å². The highest BCUT2D eigenvalue weighted by Crippen LogP contribution is 2.17. The Morgan fingerprint density at radius 3 is 2.26 bits per heavy atom. The summed E-state index contributed by atoms with van der Waals surface area (Å²) in [6.07, 6.45) is 1.97. The first-order valence-electron chi connectivity index (χ1n) is 9.14. The Morgan fingerprint density at radius 2 is 1.63 bits per heavy atom. The highest BCUT2D eigenvalue weighted by atomic mass is 32.2. The number of hydrogen-bond acceptors (Lipinski definition) is 2. The zero-order valence-electron chi connectivity index (χ0n) is 16.0. The van der Waals surface area contributed by atoms with E-state index in [-0.39, 0.29) is 6.54 Å². The average molecular weight is 383 g/mol. The van der Waals surface area contributed by atoms with Gasteiger partial charge in [0.1, 0.15) is 0 Å². The predicted molar refractivity (Wildman–Crippen MR) is 109 cm³/mol. The smallest absolute Gasteiger partial charge is 0.240 e. The Labute approximate surface area is 161 Å². The lowest BCUT2D eigenvalue weighted by Crippen LogP contribution is -2.24. The molecule has 0 fully saturated rings. The molecule has 0 saturated heterocycles. The Morgan fingerprint density at radius 1 is 0.963 bits per heavy atom. The number of nitrogens with zero attached hydrogens (tertiary/aromatic N) is 1. The normalized spacial score (nSPS) is 11.9. The summed E-state index contributed by atoms with van der Waals surface area (Å²) in [7, 11) is -3.54. The van der Waals surface area contributed by atoms with E-state index in [0.29, 0.717) is 17.4 Å². The summed E-state index contributed by atoms with van der Waals surface area (Å²) < 4.78 is 30.0. The van der Waals surface area contributed by atoms with Gasteiger partial charge >= 0.3 is 0 Å². The van der Waals surface area contributed by atoms with Crippen molar-refractivity contribution in [2.75, 3.05) is 0 Å². The van der Waals surface area contributed by atoms with E-state index in [1.165, 1.54) is 11.1 Å². The Balaban J connectivity index is 1.69. The Kier molecular flexibility index (Phi) is 5.82. The molecule has 4 nitrogen and oxygen atoms in total. The van der Waals surface area contributed by atoms with Gasteiger partial charge in [0.25, 0.3) is 0 Å². The molecular formula is C22H26N2O2S. The monoisotopic (exact) mass is 382 g/mol. The predicted octanol–water partition coefficient (Wildman–Crippen LogP) is 4.45. The lowest BCUT2D eigenvalue weighted by atomic mass is 10.0. The molecule has 0 aliphatic heterocycles. The van der Waals surface area contributed by atoms with Crippen LogP contribution in [-0.4, -0.2) is 13.0 Å². The lowest BCUT2D eigenvalue weighted by molar-refractivity contribution is 0.578. The number of aryl methyl sites for hydroxylation is 1. The van der Waals surface area contributed by atoms with Crippen molar-refractivity contribution in [3.63, 3.8) is 0 Å². The fourth-order valence-corrected chi connectivity index (χ4v) is 3.94. The van der Waals surface area contributed by atoms with Gasteiger partial charge in [-0.25, -0.2) is 13.1 Å². The van der Waals surface area contributed by atoms with E-state index in [9.17, 15) is 8.42 Å². The Hall–Kier alpha value is -2.37. The minimum absolute atomic E-state index is 0.257. The van der Waals surface area contributed by atoms with Crippen molar-refractivity contribution in [2.45, 2.75) is 44.7 Å². The molecule has 2 aromatic carbocycles. The van der Waals surface area contributed by atoms with Crippen LogP contribution < -0.4 is 4.72 Å². The molecule has 27 heavy (non-hydrogen) atoms. The second kappa shape index (κ2) is 8.11. The quantitative estimate of drug-likeness (QED) is 0.656. The first-order valence-corrected chi connectivity index (χ1v) is 10.6. The second-order valence-corrected chi connectivity index (χ2v) is 8.93. The van der Waals surface area contributed by atoms with Crippen LogP contribution >= 0.6 is 0 Å². The molecule has 3 rings (SSSR count). The molecule has 0 radical (unpaired) electrons. The van der Waals surface area contributed by atoms with Crippen molar-refractivity contribution in [3.8, 4) is 0 Å². The molecule has 0 amide bonds. The van der Waals surface area contributed by atoms with Gasteiger partial charge in [-0.15, -0.1) is 0 Å². The molecule has 1 N–H and O–H groups in total. The zero-order chi connectivity index (χ0) is 19.4. The molecule has 0 aliphatic carbocycles. The average Bonchev–Trinajstić information content (AvgIpc) is 3.09. The number of rotatable bonds is 7. The van der Waals surface area contributed by atoms with Crippen LogP contribution in [0.4, 0.5) is 0 Å². The van der Waals surface area contributed by atoms with Crippen LogP contribution in [-0.2, 0) is 23.1 Å². The van der Waals surface area contributed by atoms with Gasteiger partial charge in [0.05, 0.1) is 11.4 Å². The summed E-state index contributed by atoms with van der Waals surface area (Å²) in [5, 5.41) is 0. The van der Waals surface area contributed by atoms with E-state index >= 15 is 0 Å². The third-order valence-corrected chi connectivity index (χ3v) is 6.11. The molecule has 1 aromatic heterocycles. The van der Waals surface area contributed by atoms with Crippen LogP contribution in [0.15, 0.2) is 71.8 Å². The summed E-state index contributed by atoms with van der Waals surface area (Å²) in [4.78, 5) is 0.295. The number of nitrogens with one attached hydrogen (secondary N) is 1. The maximum Gasteiger partial charge on any atom is 0.240 e. The van der Waals surface area contributed by atoms with Crippen LogP contribution in [0.25, 0.3) is 0 Å². The van der Waals surface area contributed by atoms with Crippen LogP contribution in [0.3, 0.4) is 0 Å². The zero-order valence-corrected chi connectivity index (χ0v) is 16.8. The van der Waals surface area contributed by atoms with Gasteiger partial charge in [0, 0.05) is 18.4 Å². The minimum atomic E-state index is -3.54. The number of aromatic nitrogens is 1. The molecule has 0 aliphatic rings. The SMILES string of the molecule is Cc1ccc(Cn2cccc2CNS(=O)(=O)c2ccc(C(C)C)cc2)cc1. The van der Waals surface area contributed by atoms with E-state index in [0.717, 1.165) is 11.3 Å². The first kappa shape index (κ1) is 19.4. The van der Waals surface area contributed by atoms with E-state index in [4.69, 9.17) is 0 Å². The highest BCUT2D eigenvalue weighted by molar-refractivity contribution is 7.89. The highest BCUT2D eigenvalue weighted by Gasteiger charge is 2.15. The minimum Gasteiger partial charge on any atom is -0.346 e. The van der Waals surface area contributed by atoms with Crippen molar-refractivity contribution in [1.82, 2.24) is 9.29 Å². The summed E-state index contributed by atoms with van der Waals surface area (Å²) in [6.45, 7) is 7.21. The van der Waals surface area contributed by atoms with E-state index in [1.807, 2.05) is 30.5 Å². The topological polar surface area (TPSA) is 51.1 Å². The fraction of sp³-hybridized carbons (Fsp3) is 0.273. The number of sulfonamides is 1. The lowest BCUT2D eigenvalue weighted by Gasteiger charge is -2.12. The van der Waals surface area contributed by atoms with Crippen LogP contribution in [0.2, 0.25) is 0 Å². The van der Waals surface area contributed by atoms with Gasteiger partial charge in [0.15, 0.2) is 0 Å². The van der Waals surface area contributed by atoms with Crippen molar-refractivity contribution in [1.29, 1.82) is 0 Å². The van der Waals surface area contributed by atoms with Crippen molar-refractivity contribution in [2.24, 2.45) is 0 Å². The maximum atomic E-state index is 12.6. The van der Waals surface area contributed by atoms with Crippen LogP contribution in [0.5, 0.6) is 0 Å². The van der Waals surface area contributed by atoms with Gasteiger partial charge in [-0.05, 0) is 48.2 Å². The standard InChI is InChI=1S/C22H26N2O2S/c1-17(2)20-10-12-22(13-11-20)27(25,26)23-15-21-5-4-14-24(21)16-19-8-6-18(3)7-9-19/h4-14,17,23H,15-16H2,1-3H3. The van der Waals surface area contributed by atoms with E-state index in [2.05, 4.69) is 54.3 Å². The molecule has 1 heterocycles. The fourth-order valence-electron chi connectivity index (χ4n) is 2.94. The summed E-state index contributed by atoms with van der Waals surface area (Å²) in [5.41, 5.74) is 4.46. The molecule has 142 valence electrons. The summed E-state index contributed by atoms with van der Waals surface area (Å²) >= 11 is 0. The van der Waals surface area contributed by atoms with E-state index in [1.54, 1.807) is 12.1 Å². The third kappa shape index (κ3) is 4.87. The van der Waals surface area contributed by atoms with Crippen LogP contribution in [0, 0.1) is 6.92 Å². The molecule has 0 saturated carbocycles. The van der Waals surface area contributed by atoms with Gasteiger partial charge in [-0.3, -0.25) is 0 Å². The number of benzene rings is 2. The van der Waals surface area contributed by atoms with Crippen LogP contribution in [0.1, 0.15) is 42.1 Å². The van der Waals surface area contributed by atoms with Gasteiger partial charge in [-0.2, -0.15) is 0 Å². The number of hydrogen-bond donors (Lipinski definition) is 1. The molecule has 0 atom stereocenters. The van der Waals surface area contributed by atoms with Gasteiger partial charge < -0.3 is 4.57 Å². The molecular weight excluding hydrogens is 356 g/mol. The Bertz CT molecular complexity index is 986. The van der Waals surface area contributed by atoms with Gasteiger partial charge in [-0.1, -0.05) is 55.8 Å². The van der Waals surface area contributed by atoms with Gasteiger partial charge in [0.2, 0.25) is 10.0 Å². The molecule has 0 bridgehead atoms. The summed E-state index contributed by atoms with van der Waals surface area (Å²) in [6, 6.07) is 19.3. The summed E-state index contributed by atoms with van der Waals surface area (Å²) in [5.74, 6) is 0.375. The first-order chi connectivity index (χ1) is 12.8. The largest absolute Gasteiger partial charge is 0.346 e. The molecule has 3 aromatic rings. The third-order valence-electron chi connectivity index (χ3n) is 4.70. The molecule has 0 spiro atoms. The maximum absolute atomic E-state index is 12.6. The molecule has 5 heteroatoms.